The van der Waals surface area contributed by atoms with Gasteiger partial charge in [0.2, 0.25) is 5.41 Å². The third-order valence-corrected chi connectivity index (χ3v) is 11.7. The molecule has 288 valence electrons. The molecular weight excluding hydrogens is 702 g/mol. The minimum Gasteiger partial charge on any atom is -0.362 e. The van der Waals surface area contributed by atoms with Crippen molar-refractivity contribution in [3.63, 3.8) is 0 Å². The molecule has 0 saturated carbocycles. The zero-order valence-electron chi connectivity index (χ0n) is 32.0. The van der Waals surface area contributed by atoms with Gasteiger partial charge in [-0.25, -0.2) is 4.98 Å². The van der Waals surface area contributed by atoms with E-state index in [-0.39, 0.29) is 6.17 Å². The predicted octanol–water partition coefficient (Wildman–Crippen LogP) is 10.0. The number of fused-ring (bicyclic) bond motifs is 2. The number of halogens is 6. The van der Waals surface area contributed by atoms with Gasteiger partial charge in [0.1, 0.15) is 12.0 Å². The molecule has 0 spiro atoms. The second-order valence-corrected chi connectivity index (χ2v) is 16.9. The molecule has 0 fully saturated rings. The van der Waals surface area contributed by atoms with E-state index in [2.05, 4.69) is 21.3 Å². The summed E-state index contributed by atoms with van der Waals surface area (Å²) in [5.41, 5.74) is 9.84. The molecule has 12 heteroatoms. The Hall–Kier alpha value is -4.55. The van der Waals surface area contributed by atoms with Crippen LogP contribution in [0.3, 0.4) is 0 Å². The van der Waals surface area contributed by atoms with E-state index < -0.39 is 50.8 Å². The van der Waals surface area contributed by atoms with Gasteiger partial charge in [-0.15, -0.1) is 0 Å². The highest BCUT2D eigenvalue weighted by molar-refractivity contribution is 5.86. The van der Waals surface area contributed by atoms with E-state index in [0.29, 0.717) is 17.0 Å². The van der Waals surface area contributed by atoms with E-state index in [1.165, 1.54) is 24.3 Å². The molecular formula is C42H48F6N6. The molecule has 0 saturated heterocycles. The third kappa shape index (κ3) is 6.20. The van der Waals surface area contributed by atoms with Crippen molar-refractivity contribution in [2.45, 2.75) is 101 Å². The number of likely N-dealkylation sites (N-methyl/N-ethyl adjacent to an activating group) is 1. The summed E-state index contributed by atoms with van der Waals surface area (Å²) in [5.74, 6) is 0.623. The Labute approximate surface area is 312 Å². The van der Waals surface area contributed by atoms with Crippen LogP contribution in [-0.4, -0.2) is 41.1 Å². The molecule has 2 heterocycles. The number of rotatable bonds is 8. The van der Waals surface area contributed by atoms with Crippen LogP contribution in [0, 0.1) is 0 Å². The molecule has 0 amide bonds. The van der Waals surface area contributed by atoms with E-state index in [1.807, 2.05) is 78.9 Å². The van der Waals surface area contributed by atoms with E-state index in [1.54, 1.807) is 13.8 Å². The molecule has 5 aromatic rings. The number of nitrogens with one attached hydrogen (secondary N) is 2. The first-order valence-electron chi connectivity index (χ1n) is 17.8. The Balaban J connectivity index is 1.34. The number of hydrogen-bond donors (Lipinski definition) is 4. The van der Waals surface area contributed by atoms with Crippen LogP contribution < -0.4 is 21.7 Å². The Morgan fingerprint density at radius 2 is 1.09 bits per heavy atom. The molecule has 0 bridgehead atoms. The number of H-pyrrole nitrogens is 1. The Bertz CT molecular complexity index is 2150. The summed E-state index contributed by atoms with van der Waals surface area (Å²) in [5, 5.41) is 3.50. The highest BCUT2D eigenvalue weighted by atomic mass is 19.4. The van der Waals surface area contributed by atoms with Crippen LogP contribution in [0.4, 0.5) is 37.7 Å². The lowest BCUT2D eigenvalue weighted by atomic mass is 9.63. The number of aromatic amines is 1. The minimum absolute atomic E-state index is 0.0688. The lowest BCUT2D eigenvalue weighted by Crippen LogP contribution is -2.55. The average molecular weight is 751 g/mol. The first-order valence-corrected chi connectivity index (χ1v) is 17.8. The maximum absolute atomic E-state index is 14.9. The first-order chi connectivity index (χ1) is 24.7. The van der Waals surface area contributed by atoms with Crippen LogP contribution >= 0.6 is 0 Å². The molecule has 0 aliphatic carbocycles. The van der Waals surface area contributed by atoms with Gasteiger partial charge < -0.3 is 26.7 Å². The fourth-order valence-electron chi connectivity index (χ4n) is 7.60. The lowest BCUT2D eigenvalue weighted by molar-refractivity contribution is -0.288. The van der Waals surface area contributed by atoms with Crippen molar-refractivity contribution in [1.29, 1.82) is 0 Å². The Kier molecular flexibility index (Phi) is 9.06. The molecule has 6 rings (SSSR count). The second-order valence-electron chi connectivity index (χ2n) is 16.9. The van der Waals surface area contributed by atoms with Crippen LogP contribution in [0.2, 0.25) is 0 Å². The summed E-state index contributed by atoms with van der Waals surface area (Å²) in [6, 6.07) is 20.9. The third-order valence-electron chi connectivity index (χ3n) is 11.7. The molecule has 6 N–H and O–H groups in total. The van der Waals surface area contributed by atoms with Crippen molar-refractivity contribution in [2.75, 3.05) is 17.3 Å². The molecule has 54 heavy (non-hydrogen) atoms. The van der Waals surface area contributed by atoms with Gasteiger partial charge in [0, 0.05) is 29.0 Å². The summed E-state index contributed by atoms with van der Waals surface area (Å²) in [6.07, 6.45) is -11.5. The van der Waals surface area contributed by atoms with E-state index in [0.717, 1.165) is 57.8 Å². The van der Waals surface area contributed by atoms with Crippen molar-refractivity contribution < 1.29 is 26.3 Å². The number of nitrogens with zero attached hydrogens (tertiary/aromatic N) is 2. The summed E-state index contributed by atoms with van der Waals surface area (Å²) in [4.78, 5) is 10.5. The van der Waals surface area contributed by atoms with Crippen LogP contribution in [0.5, 0.6) is 0 Å². The average Bonchev–Trinajstić information content (AvgIpc) is 3.65. The number of anilines is 2. The maximum atomic E-state index is 14.9. The number of imidazole rings is 1. The smallest absolute Gasteiger partial charge is 0.362 e. The van der Waals surface area contributed by atoms with Crippen LogP contribution in [0.25, 0.3) is 22.2 Å². The maximum Gasteiger partial charge on any atom is 0.411 e. The molecule has 4 aromatic carbocycles. The van der Waals surface area contributed by atoms with Crippen molar-refractivity contribution in [3.05, 3.63) is 113 Å². The predicted molar refractivity (Wildman–Crippen MR) is 205 cm³/mol. The van der Waals surface area contributed by atoms with Gasteiger partial charge in [0.25, 0.3) is 0 Å². The number of aromatic nitrogens is 2. The van der Waals surface area contributed by atoms with Crippen molar-refractivity contribution >= 4 is 22.4 Å². The topological polar surface area (TPSA) is 96.0 Å². The number of hydrogen-bond acceptors (Lipinski definition) is 5. The van der Waals surface area contributed by atoms with Gasteiger partial charge in [-0.05, 0) is 85.3 Å². The van der Waals surface area contributed by atoms with Gasteiger partial charge in [0.15, 0.2) is 0 Å². The van der Waals surface area contributed by atoms with Gasteiger partial charge >= 0.3 is 12.4 Å². The van der Waals surface area contributed by atoms with Crippen molar-refractivity contribution in [3.8, 4) is 11.1 Å². The fraction of sp³-hybridized carbons (Fsp3) is 0.405. The molecule has 1 unspecified atom stereocenters. The normalized spacial score (nSPS) is 16.2. The highest BCUT2D eigenvalue weighted by Crippen LogP contribution is 2.57. The first kappa shape index (κ1) is 39.2. The lowest BCUT2D eigenvalue weighted by Gasteiger charge is -2.42. The van der Waals surface area contributed by atoms with Crippen molar-refractivity contribution in [2.24, 2.45) is 11.5 Å². The molecule has 1 atom stereocenters. The summed E-state index contributed by atoms with van der Waals surface area (Å²) >= 11 is 0. The van der Waals surface area contributed by atoms with E-state index in [9.17, 15) is 26.3 Å². The Morgan fingerprint density at radius 1 is 0.611 bits per heavy atom. The highest BCUT2D eigenvalue weighted by Gasteiger charge is 2.72. The molecule has 1 aromatic heterocycles. The van der Waals surface area contributed by atoms with Crippen molar-refractivity contribution in [1.82, 2.24) is 9.97 Å². The fourth-order valence-corrected chi connectivity index (χ4v) is 7.60. The second kappa shape index (κ2) is 12.5. The quantitative estimate of drug-likeness (QED) is 0.119. The molecule has 1 aliphatic heterocycles. The van der Waals surface area contributed by atoms with Crippen LogP contribution in [0.1, 0.15) is 83.5 Å². The summed E-state index contributed by atoms with van der Waals surface area (Å²) < 4.78 is 89.6. The zero-order chi connectivity index (χ0) is 40.0. The molecule has 6 nitrogen and oxygen atoms in total. The standard InChI is InChI=1S/C42H48F6N6/c1-36(2,26-12-16-28(17-13-26)40(41(43,44)45,42(46,47)48)29-18-14-27(15-19-29)38(5,6)49)37(3,4)34-51-30-20-10-24(22-32(30)52-34)25-11-21-31-33(23-25)54(9)35(53-31)39(7,8)50/h10-23,35,53H,49-50H2,1-9H3,(H,51,52). The SMILES string of the molecule is CN1c2cc(-c3ccc4nc(C(C)(C)C(C)(C)c5ccc(C(c6ccc(C(C)(C)N)cc6)(C(F)(F)F)C(F)(F)F)cc5)[nH]c4c3)ccc2NC1C(C)(C)N. The summed E-state index contributed by atoms with van der Waals surface area (Å²) in [7, 11) is 2.01. The Morgan fingerprint density at radius 3 is 1.59 bits per heavy atom. The molecule has 0 radical (unpaired) electrons. The van der Waals surface area contributed by atoms with E-state index in [4.69, 9.17) is 16.5 Å². The van der Waals surface area contributed by atoms with E-state index >= 15 is 0 Å². The summed E-state index contributed by atoms with van der Waals surface area (Å²) in [6.45, 7) is 14.9. The van der Waals surface area contributed by atoms with Gasteiger partial charge in [-0.2, -0.15) is 26.3 Å². The zero-order valence-corrected chi connectivity index (χ0v) is 32.0. The monoisotopic (exact) mass is 750 g/mol. The number of nitrogens with two attached hydrogens (primary N) is 2. The van der Waals surface area contributed by atoms with Gasteiger partial charge in [-0.1, -0.05) is 88.4 Å². The van der Waals surface area contributed by atoms with Crippen LogP contribution in [-0.2, 0) is 21.8 Å². The number of benzene rings is 4. The van der Waals surface area contributed by atoms with Gasteiger partial charge in [-0.3, -0.25) is 0 Å². The van der Waals surface area contributed by atoms with Crippen LogP contribution in [0.15, 0.2) is 84.9 Å². The van der Waals surface area contributed by atoms with Gasteiger partial charge in [0.05, 0.1) is 22.4 Å². The largest absolute Gasteiger partial charge is 0.411 e. The molecule has 1 aliphatic rings. The minimum atomic E-state index is -5.70. The number of alkyl halides is 6.